The third-order valence-corrected chi connectivity index (χ3v) is 3.68. The van der Waals surface area contributed by atoms with Crippen molar-refractivity contribution in [2.75, 3.05) is 0 Å². The Morgan fingerprint density at radius 2 is 1.94 bits per heavy atom. The molecule has 1 aromatic heterocycles. The Morgan fingerprint density at radius 3 is 2.53 bits per heavy atom. The third-order valence-electron chi connectivity index (χ3n) is 3.68. The number of nitrogens with two attached hydrogens (primary N) is 1. The molecule has 1 heterocycles. The van der Waals surface area contributed by atoms with E-state index in [9.17, 15) is 0 Å². The van der Waals surface area contributed by atoms with Crippen LogP contribution < -0.4 is 5.73 Å². The molecule has 1 aliphatic rings. The molecule has 0 aliphatic heterocycles. The molecule has 0 amide bonds. The summed E-state index contributed by atoms with van der Waals surface area (Å²) in [7, 11) is 0. The lowest BCUT2D eigenvalue weighted by atomic mass is 9.87. The summed E-state index contributed by atoms with van der Waals surface area (Å²) < 4.78 is 0. The monoisotopic (exact) mass is 233 g/mol. The standard InChI is InChI=1S/C14H23N3/c1-14(2,3)12(15)13-16-9-8-11(17-13)10-6-4-5-7-10/h8-10,12H,4-7,15H2,1-3H3. The van der Waals surface area contributed by atoms with Crippen LogP contribution in [0.15, 0.2) is 12.3 Å². The van der Waals surface area contributed by atoms with Gasteiger partial charge in [-0.2, -0.15) is 0 Å². The highest BCUT2D eigenvalue weighted by Gasteiger charge is 2.26. The van der Waals surface area contributed by atoms with Gasteiger partial charge in [0.2, 0.25) is 0 Å². The molecule has 1 aliphatic carbocycles. The number of hydrogen-bond donors (Lipinski definition) is 1. The van der Waals surface area contributed by atoms with E-state index in [1.807, 2.05) is 6.20 Å². The number of rotatable bonds is 2. The zero-order valence-corrected chi connectivity index (χ0v) is 11.1. The van der Waals surface area contributed by atoms with Crippen molar-refractivity contribution in [3.05, 3.63) is 23.8 Å². The fourth-order valence-electron chi connectivity index (χ4n) is 2.37. The van der Waals surface area contributed by atoms with Crippen LogP contribution in [-0.2, 0) is 0 Å². The minimum atomic E-state index is -0.0937. The quantitative estimate of drug-likeness (QED) is 0.853. The van der Waals surface area contributed by atoms with E-state index in [0.29, 0.717) is 5.92 Å². The van der Waals surface area contributed by atoms with Crippen LogP contribution in [0, 0.1) is 5.41 Å². The van der Waals surface area contributed by atoms with E-state index >= 15 is 0 Å². The summed E-state index contributed by atoms with van der Waals surface area (Å²) in [5.74, 6) is 1.42. The molecule has 2 rings (SSSR count). The van der Waals surface area contributed by atoms with Crippen molar-refractivity contribution in [3.63, 3.8) is 0 Å². The van der Waals surface area contributed by atoms with E-state index in [0.717, 1.165) is 5.82 Å². The van der Waals surface area contributed by atoms with Gasteiger partial charge in [0.15, 0.2) is 0 Å². The topological polar surface area (TPSA) is 51.8 Å². The van der Waals surface area contributed by atoms with Gasteiger partial charge in [-0.05, 0) is 24.3 Å². The van der Waals surface area contributed by atoms with Gasteiger partial charge in [-0.1, -0.05) is 33.6 Å². The number of aromatic nitrogens is 2. The van der Waals surface area contributed by atoms with Crippen molar-refractivity contribution < 1.29 is 0 Å². The second-order valence-electron chi connectivity index (χ2n) is 6.16. The average Bonchev–Trinajstić information content (AvgIpc) is 2.80. The molecule has 3 nitrogen and oxygen atoms in total. The summed E-state index contributed by atoms with van der Waals surface area (Å²) in [5.41, 5.74) is 7.41. The SMILES string of the molecule is CC(C)(C)C(N)c1nccc(C2CCCC2)n1. The van der Waals surface area contributed by atoms with Crippen LogP contribution in [0.5, 0.6) is 0 Å². The number of nitrogens with zero attached hydrogens (tertiary/aromatic N) is 2. The van der Waals surface area contributed by atoms with Gasteiger partial charge in [-0.25, -0.2) is 9.97 Å². The maximum atomic E-state index is 6.21. The number of hydrogen-bond acceptors (Lipinski definition) is 3. The van der Waals surface area contributed by atoms with Gasteiger partial charge in [-0.15, -0.1) is 0 Å². The lowest BCUT2D eigenvalue weighted by Crippen LogP contribution is -2.28. The molecule has 1 fully saturated rings. The summed E-state index contributed by atoms with van der Waals surface area (Å²) in [4.78, 5) is 9.03. The first kappa shape index (κ1) is 12.5. The van der Waals surface area contributed by atoms with Gasteiger partial charge in [-0.3, -0.25) is 0 Å². The molecule has 17 heavy (non-hydrogen) atoms. The zero-order chi connectivity index (χ0) is 12.5. The summed E-state index contributed by atoms with van der Waals surface area (Å²) in [5, 5.41) is 0. The first-order valence-corrected chi connectivity index (χ1v) is 6.57. The van der Waals surface area contributed by atoms with Crippen molar-refractivity contribution in [3.8, 4) is 0 Å². The fourth-order valence-corrected chi connectivity index (χ4v) is 2.37. The molecule has 3 heteroatoms. The Hall–Kier alpha value is -0.960. The van der Waals surface area contributed by atoms with Crippen LogP contribution >= 0.6 is 0 Å². The lowest BCUT2D eigenvalue weighted by molar-refractivity contribution is 0.314. The second-order valence-corrected chi connectivity index (χ2v) is 6.16. The highest BCUT2D eigenvalue weighted by Crippen LogP contribution is 2.34. The Balaban J connectivity index is 2.22. The van der Waals surface area contributed by atoms with E-state index in [-0.39, 0.29) is 11.5 Å². The summed E-state index contributed by atoms with van der Waals surface area (Å²) in [6.45, 7) is 6.38. The molecular formula is C14H23N3. The van der Waals surface area contributed by atoms with Gasteiger partial charge in [0.05, 0.1) is 6.04 Å². The smallest absolute Gasteiger partial charge is 0.145 e. The van der Waals surface area contributed by atoms with Gasteiger partial charge in [0.1, 0.15) is 5.82 Å². The van der Waals surface area contributed by atoms with Crippen LogP contribution in [-0.4, -0.2) is 9.97 Å². The van der Waals surface area contributed by atoms with Gasteiger partial charge in [0.25, 0.3) is 0 Å². The van der Waals surface area contributed by atoms with Crippen molar-refractivity contribution in [2.24, 2.45) is 11.1 Å². The highest BCUT2D eigenvalue weighted by molar-refractivity contribution is 5.12. The molecule has 0 spiro atoms. The Morgan fingerprint density at radius 1 is 1.29 bits per heavy atom. The van der Waals surface area contributed by atoms with E-state index < -0.39 is 0 Å². The van der Waals surface area contributed by atoms with Crippen LogP contribution in [0.2, 0.25) is 0 Å². The van der Waals surface area contributed by atoms with E-state index in [2.05, 4.69) is 36.8 Å². The Labute approximate surface area is 104 Å². The zero-order valence-electron chi connectivity index (χ0n) is 11.1. The van der Waals surface area contributed by atoms with Crippen LogP contribution in [0.25, 0.3) is 0 Å². The largest absolute Gasteiger partial charge is 0.321 e. The maximum absolute atomic E-state index is 6.21. The lowest BCUT2D eigenvalue weighted by Gasteiger charge is -2.26. The summed E-state index contributed by atoms with van der Waals surface area (Å²) in [6.07, 6.45) is 7.05. The second kappa shape index (κ2) is 4.73. The average molecular weight is 233 g/mol. The molecule has 2 N–H and O–H groups in total. The van der Waals surface area contributed by atoms with Crippen LogP contribution in [0.3, 0.4) is 0 Å². The van der Waals surface area contributed by atoms with Crippen LogP contribution in [0.4, 0.5) is 0 Å². The predicted octanol–water partition coefficient (Wildman–Crippen LogP) is 3.18. The highest BCUT2D eigenvalue weighted by atomic mass is 14.9. The Kier molecular flexibility index (Phi) is 3.48. The Bertz CT molecular complexity index is 375. The van der Waals surface area contributed by atoms with Crippen molar-refractivity contribution in [1.29, 1.82) is 0 Å². The first-order valence-electron chi connectivity index (χ1n) is 6.57. The molecular weight excluding hydrogens is 210 g/mol. The van der Waals surface area contributed by atoms with Gasteiger partial charge < -0.3 is 5.73 Å². The van der Waals surface area contributed by atoms with Crippen molar-refractivity contribution >= 4 is 0 Å². The molecule has 0 bridgehead atoms. The molecule has 0 radical (unpaired) electrons. The van der Waals surface area contributed by atoms with Crippen molar-refractivity contribution in [1.82, 2.24) is 9.97 Å². The molecule has 1 atom stereocenters. The maximum Gasteiger partial charge on any atom is 0.145 e. The normalized spacial score (nSPS) is 19.5. The third kappa shape index (κ3) is 2.83. The van der Waals surface area contributed by atoms with Crippen LogP contribution in [0.1, 0.15) is 69.9 Å². The summed E-state index contributed by atoms with van der Waals surface area (Å²) >= 11 is 0. The van der Waals surface area contributed by atoms with Gasteiger partial charge >= 0.3 is 0 Å². The molecule has 0 aromatic carbocycles. The minimum absolute atomic E-state index is 0.00823. The van der Waals surface area contributed by atoms with Crippen molar-refractivity contribution in [2.45, 2.75) is 58.4 Å². The van der Waals surface area contributed by atoms with E-state index in [4.69, 9.17) is 5.73 Å². The van der Waals surface area contributed by atoms with E-state index in [1.54, 1.807) is 0 Å². The predicted molar refractivity (Wildman–Crippen MR) is 69.6 cm³/mol. The molecule has 1 unspecified atom stereocenters. The first-order chi connectivity index (χ1) is 7.98. The van der Waals surface area contributed by atoms with E-state index in [1.165, 1.54) is 31.4 Å². The molecule has 94 valence electrons. The fraction of sp³-hybridized carbons (Fsp3) is 0.714. The minimum Gasteiger partial charge on any atom is -0.321 e. The molecule has 1 saturated carbocycles. The van der Waals surface area contributed by atoms with Gasteiger partial charge in [0, 0.05) is 17.8 Å². The molecule has 1 aromatic rings. The summed E-state index contributed by atoms with van der Waals surface area (Å²) in [6, 6.07) is 1.96. The molecule has 0 saturated heterocycles.